The molecule has 8 heteroatoms. The number of imide groups is 1. The molecule has 1 unspecified atom stereocenters. The molecule has 34 heavy (non-hydrogen) atoms. The molecule has 0 radical (unpaired) electrons. The van der Waals surface area contributed by atoms with Crippen molar-refractivity contribution >= 4 is 23.4 Å². The number of carbonyl (C=O) groups is 3. The van der Waals surface area contributed by atoms with Crippen LogP contribution in [0.3, 0.4) is 0 Å². The van der Waals surface area contributed by atoms with E-state index >= 15 is 0 Å². The van der Waals surface area contributed by atoms with E-state index in [0.29, 0.717) is 17.5 Å². The molecule has 2 aromatic rings. The molecule has 3 amide bonds. The average Bonchev–Trinajstić information content (AvgIpc) is 3.09. The molecule has 0 aromatic heterocycles. The Hall–Kier alpha value is -3.26. The van der Waals surface area contributed by atoms with E-state index in [9.17, 15) is 18.8 Å². The van der Waals surface area contributed by atoms with Crippen molar-refractivity contribution in [2.75, 3.05) is 44.2 Å². The quantitative estimate of drug-likeness (QED) is 0.605. The molecule has 0 saturated carbocycles. The predicted octanol–water partition coefficient (Wildman–Crippen LogP) is 3.22. The number of piperazine rings is 1. The molecule has 1 atom stereocenters. The van der Waals surface area contributed by atoms with Gasteiger partial charge in [-0.25, -0.2) is 4.39 Å². The molecular weight excluding hydrogens is 435 g/mol. The van der Waals surface area contributed by atoms with Gasteiger partial charge < -0.3 is 15.1 Å². The fourth-order valence-corrected chi connectivity index (χ4v) is 4.70. The normalized spacial score (nSPS) is 17.1. The summed E-state index contributed by atoms with van der Waals surface area (Å²) < 4.78 is 14.1. The summed E-state index contributed by atoms with van der Waals surface area (Å²) in [5.74, 6) is -1.17. The molecule has 2 aromatic carbocycles. The molecule has 2 aliphatic rings. The monoisotopic (exact) mass is 466 g/mol. The second-order valence-corrected chi connectivity index (χ2v) is 8.82. The number of rotatable bonds is 8. The zero-order valence-corrected chi connectivity index (χ0v) is 19.7. The molecule has 1 N–H and O–H groups in total. The van der Waals surface area contributed by atoms with Crippen LogP contribution in [-0.2, 0) is 4.79 Å². The lowest BCUT2D eigenvalue weighted by Crippen LogP contribution is -2.46. The number of nitrogens with zero attached hydrogens (tertiary/aromatic N) is 3. The molecule has 0 spiro atoms. The summed E-state index contributed by atoms with van der Waals surface area (Å²) in [7, 11) is 0. The van der Waals surface area contributed by atoms with Gasteiger partial charge in [0.25, 0.3) is 11.8 Å². The van der Waals surface area contributed by atoms with E-state index in [1.165, 1.54) is 17.0 Å². The van der Waals surface area contributed by atoms with Crippen molar-refractivity contribution in [2.24, 2.45) is 0 Å². The highest BCUT2D eigenvalue weighted by Crippen LogP contribution is 2.29. The third-order valence-corrected chi connectivity index (χ3v) is 6.66. The molecule has 180 valence electrons. The summed E-state index contributed by atoms with van der Waals surface area (Å²) >= 11 is 0. The first-order chi connectivity index (χ1) is 16.4. The lowest BCUT2D eigenvalue weighted by Gasteiger charge is -2.37. The zero-order chi connectivity index (χ0) is 24.2. The number of hydrogen-bond donors (Lipinski definition) is 1. The van der Waals surface area contributed by atoms with E-state index in [4.69, 9.17) is 0 Å². The number of nitrogens with one attached hydrogen (secondary N) is 1. The van der Waals surface area contributed by atoms with Crippen LogP contribution in [0, 0.1) is 5.82 Å². The standard InChI is InChI=1S/C26H31FN4O3/c1-3-29-13-15-30(16-14-29)23-11-10-19(27)17-22(23)18(2)28-24(32)9-6-12-31-25(33)20-7-4-5-8-21(20)26(31)34/h4-5,7-8,10-11,17-18H,3,6,9,12-16H2,1-2H3,(H,28,32). The number of benzene rings is 2. The second kappa shape index (κ2) is 10.3. The van der Waals surface area contributed by atoms with Crippen LogP contribution in [0.1, 0.15) is 59.0 Å². The highest BCUT2D eigenvalue weighted by atomic mass is 19.1. The number of anilines is 1. The van der Waals surface area contributed by atoms with Crippen LogP contribution < -0.4 is 10.2 Å². The number of amides is 3. The molecule has 4 rings (SSSR count). The van der Waals surface area contributed by atoms with Gasteiger partial charge in [0.1, 0.15) is 5.82 Å². The van der Waals surface area contributed by atoms with Crippen LogP contribution in [0.15, 0.2) is 42.5 Å². The van der Waals surface area contributed by atoms with Crippen molar-refractivity contribution in [3.63, 3.8) is 0 Å². The largest absolute Gasteiger partial charge is 0.369 e. The fraction of sp³-hybridized carbons (Fsp3) is 0.423. The topological polar surface area (TPSA) is 73.0 Å². The third kappa shape index (κ3) is 4.97. The molecule has 0 bridgehead atoms. The Labute approximate surface area is 199 Å². The number of carbonyl (C=O) groups excluding carboxylic acids is 3. The summed E-state index contributed by atoms with van der Waals surface area (Å²) in [4.78, 5) is 43.4. The van der Waals surface area contributed by atoms with Gasteiger partial charge in [0.05, 0.1) is 17.2 Å². The minimum Gasteiger partial charge on any atom is -0.369 e. The average molecular weight is 467 g/mol. The summed E-state index contributed by atoms with van der Waals surface area (Å²) in [5.41, 5.74) is 2.50. The Morgan fingerprint density at radius 3 is 2.29 bits per heavy atom. The summed E-state index contributed by atoms with van der Waals surface area (Å²) in [6.45, 7) is 8.80. The molecule has 2 aliphatic heterocycles. The van der Waals surface area contributed by atoms with E-state index in [-0.39, 0.29) is 42.5 Å². The van der Waals surface area contributed by atoms with Crippen molar-refractivity contribution < 1.29 is 18.8 Å². The first-order valence-electron chi connectivity index (χ1n) is 11.9. The van der Waals surface area contributed by atoms with Crippen LogP contribution in [0.4, 0.5) is 10.1 Å². The molecule has 1 saturated heterocycles. The summed E-state index contributed by atoms with van der Waals surface area (Å²) in [6.07, 6.45) is 0.524. The highest BCUT2D eigenvalue weighted by Gasteiger charge is 2.34. The number of hydrogen-bond acceptors (Lipinski definition) is 5. The minimum absolute atomic E-state index is 0.164. The van der Waals surface area contributed by atoms with E-state index in [1.54, 1.807) is 30.3 Å². The molecular formula is C26H31FN4O3. The second-order valence-electron chi connectivity index (χ2n) is 8.82. The van der Waals surface area contributed by atoms with Gasteiger partial charge in [-0.1, -0.05) is 19.1 Å². The van der Waals surface area contributed by atoms with E-state index in [1.807, 2.05) is 6.92 Å². The first-order valence-corrected chi connectivity index (χ1v) is 11.9. The van der Waals surface area contributed by atoms with Gasteiger partial charge in [-0.05, 0) is 50.2 Å². The first kappa shape index (κ1) is 23.9. The van der Waals surface area contributed by atoms with Gasteiger partial charge in [-0.3, -0.25) is 19.3 Å². The van der Waals surface area contributed by atoms with Gasteiger partial charge in [0, 0.05) is 50.4 Å². The summed E-state index contributed by atoms with van der Waals surface area (Å²) in [6, 6.07) is 11.1. The Morgan fingerprint density at radius 1 is 1.03 bits per heavy atom. The molecule has 1 fully saturated rings. The maximum atomic E-state index is 14.1. The predicted molar refractivity (Wildman–Crippen MR) is 128 cm³/mol. The van der Waals surface area contributed by atoms with Crippen LogP contribution in [0.2, 0.25) is 0 Å². The van der Waals surface area contributed by atoms with E-state index in [2.05, 4.69) is 22.0 Å². The minimum atomic E-state index is -0.373. The highest BCUT2D eigenvalue weighted by molar-refractivity contribution is 6.21. The molecule has 2 heterocycles. The maximum Gasteiger partial charge on any atom is 0.261 e. The zero-order valence-electron chi connectivity index (χ0n) is 19.7. The van der Waals surface area contributed by atoms with Crippen molar-refractivity contribution in [2.45, 2.75) is 32.7 Å². The molecule has 7 nitrogen and oxygen atoms in total. The van der Waals surface area contributed by atoms with Crippen molar-refractivity contribution in [3.05, 3.63) is 65.0 Å². The van der Waals surface area contributed by atoms with Crippen LogP contribution in [0.5, 0.6) is 0 Å². The van der Waals surface area contributed by atoms with Gasteiger partial charge in [0.15, 0.2) is 0 Å². The fourth-order valence-electron chi connectivity index (χ4n) is 4.70. The van der Waals surface area contributed by atoms with Gasteiger partial charge in [-0.2, -0.15) is 0 Å². The SMILES string of the molecule is CCN1CCN(c2ccc(F)cc2C(C)NC(=O)CCCN2C(=O)c3ccccc3C2=O)CC1. The van der Waals surface area contributed by atoms with E-state index < -0.39 is 0 Å². The Morgan fingerprint density at radius 2 is 1.68 bits per heavy atom. The summed E-state index contributed by atoms with van der Waals surface area (Å²) in [5, 5.41) is 2.96. The molecule has 0 aliphatic carbocycles. The maximum absolute atomic E-state index is 14.1. The van der Waals surface area contributed by atoms with Gasteiger partial charge >= 0.3 is 0 Å². The van der Waals surface area contributed by atoms with Gasteiger partial charge in [0.2, 0.25) is 5.91 Å². The van der Waals surface area contributed by atoms with Crippen molar-refractivity contribution in [3.8, 4) is 0 Å². The number of likely N-dealkylation sites (N-methyl/N-ethyl adjacent to an activating group) is 1. The Kier molecular flexibility index (Phi) is 7.26. The van der Waals surface area contributed by atoms with Crippen LogP contribution >= 0.6 is 0 Å². The van der Waals surface area contributed by atoms with Crippen molar-refractivity contribution in [1.82, 2.24) is 15.1 Å². The smallest absolute Gasteiger partial charge is 0.261 e. The third-order valence-electron chi connectivity index (χ3n) is 6.66. The van der Waals surface area contributed by atoms with Gasteiger partial charge in [-0.15, -0.1) is 0 Å². The lowest BCUT2D eigenvalue weighted by atomic mass is 10.0. The van der Waals surface area contributed by atoms with Crippen LogP contribution in [-0.4, -0.2) is 66.8 Å². The van der Waals surface area contributed by atoms with Crippen molar-refractivity contribution in [1.29, 1.82) is 0 Å². The Bertz CT molecular complexity index is 1050. The number of fused-ring (bicyclic) bond motifs is 1. The van der Waals surface area contributed by atoms with E-state index in [0.717, 1.165) is 44.0 Å². The lowest BCUT2D eigenvalue weighted by molar-refractivity contribution is -0.121. The Balaban J connectivity index is 1.33. The number of halogens is 1. The van der Waals surface area contributed by atoms with Crippen LogP contribution in [0.25, 0.3) is 0 Å².